The summed E-state index contributed by atoms with van der Waals surface area (Å²) in [5.41, 5.74) is 1.91. The van der Waals surface area contributed by atoms with Gasteiger partial charge >= 0.3 is 11.9 Å². The Kier molecular flexibility index (Phi) is 6.03. The maximum atomic E-state index is 13.0. The van der Waals surface area contributed by atoms with Gasteiger partial charge in [-0.05, 0) is 47.9 Å². The van der Waals surface area contributed by atoms with Crippen LogP contribution in [0.5, 0.6) is 0 Å². The minimum absolute atomic E-state index is 0.0542. The Labute approximate surface area is 144 Å². The summed E-state index contributed by atoms with van der Waals surface area (Å²) in [7, 11) is 1.89. The molecule has 6 heteroatoms. The molecule has 0 aliphatic rings. The zero-order valence-corrected chi connectivity index (χ0v) is 13.6. The Morgan fingerprint density at radius 1 is 1.08 bits per heavy atom. The highest BCUT2D eigenvalue weighted by Gasteiger charge is 2.27. The first kappa shape index (κ1) is 18.4. The molecule has 0 saturated carbocycles. The largest absolute Gasteiger partial charge is 0.481 e. The third-order valence-corrected chi connectivity index (χ3v) is 3.87. The number of quaternary nitrogens is 1. The van der Waals surface area contributed by atoms with Gasteiger partial charge in [0.1, 0.15) is 11.5 Å². The number of carboxylic acid groups (broad SMARTS) is 2. The predicted octanol–water partition coefficient (Wildman–Crippen LogP) is 2.06. The van der Waals surface area contributed by atoms with Crippen molar-refractivity contribution in [2.75, 3.05) is 7.05 Å². The maximum absolute atomic E-state index is 13.0. The molecule has 4 N–H and O–H groups in total. The summed E-state index contributed by atoms with van der Waals surface area (Å²) in [6.07, 6.45) is 1.33. The smallest absolute Gasteiger partial charge is 0.332 e. The van der Waals surface area contributed by atoms with Crippen LogP contribution in [0.4, 0.5) is 10.1 Å². The number of hydrogen-bond donors (Lipinski definition) is 3. The van der Waals surface area contributed by atoms with Gasteiger partial charge in [0.05, 0.1) is 18.5 Å². The van der Waals surface area contributed by atoms with E-state index in [1.54, 1.807) is 12.1 Å². The number of carboxylic acids is 2. The highest BCUT2D eigenvalue weighted by Crippen LogP contribution is 2.22. The van der Waals surface area contributed by atoms with Gasteiger partial charge in [-0.15, -0.1) is 0 Å². The number of carbonyl (C=O) groups is 2. The summed E-state index contributed by atoms with van der Waals surface area (Å²) in [5.74, 6) is -4.19. The van der Waals surface area contributed by atoms with Gasteiger partial charge in [-0.1, -0.05) is 24.3 Å². The lowest BCUT2D eigenvalue weighted by Crippen LogP contribution is -2.72. The minimum atomic E-state index is -1.31. The third kappa shape index (κ3) is 4.99. The van der Waals surface area contributed by atoms with Crippen LogP contribution >= 0.6 is 0 Å². The van der Waals surface area contributed by atoms with Crippen LogP contribution in [-0.4, -0.2) is 29.2 Å². The van der Waals surface area contributed by atoms with Crippen molar-refractivity contribution < 1.29 is 29.5 Å². The van der Waals surface area contributed by atoms with Crippen molar-refractivity contribution in [1.29, 1.82) is 0 Å². The lowest BCUT2D eigenvalue weighted by molar-refractivity contribution is -0.539. The average molecular weight is 344 g/mol. The molecule has 0 fully saturated rings. The molecule has 5 nitrogen and oxygen atoms in total. The number of aliphatic carboxylic acids is 2. The molecule has 2 aromatic carbocycles. The molecule has 1 unspecified atom stereocenters. The second-order valence-corrected chi connectivity index (χ2v) is 5.58. The number of benzene rings is 2. The number of nitrogens with two attached hydrogens (primary N) is 1. The summed E-state index contributed by atoms with van der Waals surface area (Å²) >= 11 is 0. The van der Waals surface area contributed by atoms with Crippen molar-refractivity contribution in [2.24, 2.45) is 5.92 Å². The first-order valence-electron chi connectivity index (χ1n) is 7.72. The predicted molar refractivity (Wildman–Crippen MR) is 90.8 cm³/mol. The quantitative estimate of drug-likeness (QED) is 0.530. The van der Waals surface area contributed by atoms with Crippen LogP contribution in [-0.2, 0) is 16.0 Å². The van der Waals surface area contributed by atoms with E-state index in [-0.39, 0.29) is 12.0 Å². The Balaban J connectivity index is 2.34. The van der Waals surface area contributed by atoms with Crippen molar-refractivity contribution >= 4 is 23.7 Å². The fourth-order valence-corrected chi connectivity index (χ4v) is 2.46. The molecule has 1 atom stereocenters. The van der Waals surface area contributed by atoms with E-state index >= 15 is 0 Å². The van der Waals surface area contributed by atoms with Crippen LogP contribution in [0.15, 0.2) is 54.1 Å². The second kappa shape index (κ2) is 8.21. The standard InChI is InChI=1S/C19H18FNO4/c1-21-15-8-4-13(5-9-15)11-17(19(24)25)16(18(22)23)10-12-2-6-14(20)7-3-12/h2-10,17,21H,11H2,1H3,(H,22,23)(H,24,25)/p+1/b16-10-. The van der Waals surface area contributed by atoms with Gasteiger partial charge in [-0.2, -0.15) is 0 Å². The van der Waals surface area contributed by atoms with Gasteiger partial charge < -0.3 is 15.5 Å². The highest BCUT2D eigenvalue weighted by molar-refractivity contribution is 5.98. The lowest BCUT2D eigenvalue weighted by Gasteiger charge is -2.14. The molecule has 0 bridgehead atoms. The third-order valence-electron chi connectivity index (χ3n) is 3.87. The van der Waals surface area contributed by atoms with E-state index < -0.39 is 23.7 Å². The molecule has 0 saturated heterocycles. The van der Waals surface area contributed by atoms with Gasteiger partial charge in [0.15, 0.2) is 0 Å². The van der Waals surface area contributed by atoms with E-state index in [0.29, 0.717) is 5.56 Å². The van der Waals surface area contributed by atoms with Gasteiger partial charge in [-0.25, -0.2) is 9.18 Å². The molecule has 0 amide bonds. The van der Waals surface area contributed by atoms with Crippen molar-refractivity contribution in [3.63, 3.8) is 0 Å². The Morgan fingerprint density at radius 3 is 2.16 bits per heavy atom. The maximum Gasteiger partial charge on any atom is 0.332 e. The van der Waals surface area contributed by atoms with Crippen molar-refractivity contribution in [2.45, 2.75) is 6.42 Å². The van der Waals surface area contributed by atoms with Gasteiger partial charge in [0.2, 0.25) is 0 Å². The average Bonchev–Trinajstić information content (AvgIpc) is 2.59. The van der Waals surface area contributed by atoms with Crippen LogP contribution in [0.25, 0.3) is 6.08 Å². The van der Waals surface area contributed by atoms with Gasteiger partial charge in [0, 0.05) is 0 Å². The van der Waals surface area contributed by atoms with E-state index in [2.05, 4.69) is 0 Å². The number of halogens is 1. The van der Waals surface area contributed by atoms with Crippen LogP contribution < -0.4 is 5.32 Å². The van der Waals surface area contributed by atoms with Gasteiger partial charge in [0.25, 0.3) is 0 Å². The fourth-order valence-electron chi connectivity index (χ4n) is 2.46. The van der Waals surface area contributed by atoms with Crippen LogP contribution in [0.1, 0.15) is 11.1 Å². The Hall–Kier alpha value is -2.99. The normalized spacial score (nSPS) is 12.6. The first-order valence-corrected chi connectivity index (χ1v) is 7.72. The fraction of sp³-hybridized carbons (Fsp3) is 0.158. The monoisotopic (exact) mass is 344 g/mol. The molecule has 0 radical (unpaired) electrons. The molecular formula is C19H19FNO4+. The van der Waals surface area contributed by atoms with Crippen LogP contribution in [0.3, 0.4) is 0 Å². The summed E-state index contributed by atoms with van der Waals surface area (Å²) in [6, 6.07) is 12.5. The summed E-state index contributed by atoms with van der Waals surface area (Å²) in [6.45, 7) is 0. The molecule has 0 aliphatic heterocycles. The zero-order chi connectivity index (χ0) is 18.4. The van der Waals surface area contributed by atoms with Crippen molar-refractivity contribution in [3.8, 4) is 0 Å². The summed E-state index contributed by atoms with van der Waals surface area (Å²) in [5, 5.41) is 20.9. The number of rotatable bonds is 7. The van der Waals surface area contributed by atoms with Gasteiger partial charge in [-0.3, -0.25) is 4.79 Å². The first-order chi connectivity index (χ1) is 11.9. The van der Waals surface area contributed by atoms with Crippen molar-refractivity contribution in [1.82, 2.24) is 0 Å². The molecule has 0 spiro atoms. The van der Waals surface area contributed by atoms with E-state index in [0.717, 1.165) is 11.3 Å². The molecule has 25 heavy (non-hydrogen) atoms. The van der Waals surface area contributed by atoms with Crippen LogP contribution in [0, 0.1) is 11.7 Å². The topological polar surface area (TPSA) is 91.2 Å². The van der Waals surface area contributed by atoms with Crippen molar-refractivity contribution in [3.05, 3.63) is 71.0 Å². The minimum Gasteiger partial charge on any atom is -0.481 e. The van der Waals surface area contributed by atoms with E-state index in [4.69, 9.17) is 0 Å². The lowest BCUT2D eigenvalue weighted by atomic mass is 9.90. The zero-order valence-electron chi connectivity index (χ0n) is 13.6. The molecule has 0 aliphatic carbocycles. The molecule has 0 aromatic heterocycles. The summed E-state index contributed by atoms with van der Waals surface area (Å²) in [4.78, 5) is 23.2. The second-order valence-electron chi connectivity index (χ2n) is 5.58. The van der Waals surface area contributed by atoms with E-state index in [9.17, 15) is 24.2 Å². The summed E-state index contributed by atoms with van der Waals surface area (Å²) < 4.78 is 13.0. The SMILES string of the molecule is C[NH2+]c1ccc(CC(C(=O)O)/C(=C/c2ccc(F)cc2)C(=O)O)cc1. The van der Waals surface area contributed by atoms with Crippen LogP contribution in [0.2, 0.25) is 0 Å². The Morgan fingerprint density at radius 2 is 1.68 bits per heavy atom. The molecule has 2 rings (SSSR count). The van der Waals surface area contributed by atoms with E-state index in [1.165, 1.54) is 30.3 Å². The van der Waals surface area contributed by atoms with E-state index in [1.807, 2.05) is 24.5 Å². The molecule has 130 valence electrons. The Bertz CT molecular complexity index is 782. The highest BCUT2D eigenvalue weighted by atomic mass is 19.1. The number of hydrogen-bond acceptors (Lipinski definition) is 2. The molecule has 2 aromatic rings. The molecule has 0 heterocycles. The molecular weight excluding hydrogens is 325 g/mol.